The molecule has 1 atom stereocenters. The number of aromatic nitrogens is 1. The quantitative estimate of drug-likeness (QED) is 0.473. The Hall–Kier alpha value is -3.55. The fraction of sp³-hybridized carbons (Fsp3) is 0.0833. The zero-order valence-corrected chi connectivity index (χ0v) is 17.5. The lowest BCUT2D eigenvalue weighted by molar-refractivity contribution is -0.138. The van der Waals surface area contributed by atoms with Gasteiger partial charge in [0.2, 0.25) is 10.0 Å². The molecule has 0 amide bonds. The summed E-state index contributed by atoms with van der Waals surface area (Å²) in [6.07, 6.45) is 0. The summed E-state index contributed by atoms with van der Waals surface area (Å²) in [5.74, 6) is -1.24. The van der Waals surface area contributed by atoms with Crippen LogP contribution >= 0.6 is 0 Å². The first kappa shape index (κ1) is 20.7. The number of fused-ring (bicyclic) bond motifs is 1. The first-order chi connectivity index (χ1) is 14.8. The summed E-state index contributed by atoms with van der Waals surface area (Å²) in [5.41, 5.74) is 4.41. The molecule has 0 radical (unpaired) electrons. The van der Waals surface area contributed by atoms with Crippen molar-refractivity contribution in [1.29, 1.82) is 0 Å². The summed E-state index contributed by atoms with van der Waals surface area (Å²) in [6, 6.07) is 24.9. The van der Waals surface area contributed by atoms with E-state index in [1.165, 1.54) is 19.1 Å². The molecular formula is C24H20N2O4S. The molecule has 6 nitrogen and oxygen atoms in total. The molecule has 0 aliphatic rings. The van der Waals surface area contributed by atoms with Gasteiger partial charge in [0.15, 0.2) is 0 Å². The van der Waals surface area contributed by atoms with Crippen LogP contribution in [0.3, 0.4) is 0 Å². The molecule has 0 saturated carbocycles. The Bertz CT molecular complexity index is 1350. The van der Waals surface area contributed by atoms with E-state index in [-0.39, 0.29) is 4.90 Å². The van der Waals surface area contributed by atoms with Gasteiger partial charge in [-0.15, -0.1) is 0 Å². The molecule has 3 aromatic carbocycles. The number of carboxylic acids is 1. The summed E-state index contributed by atoms with van der Waals surface area (Å²) >= 11 is 0. The van der Waals surface area contributed by atoms with Gasteiger partial charge in [0, 0.05) is 10.9 Å². The first-order valence-electron chi connectivity index (χ1n) is 9.66. The van der Waals surface area contributed by atoms with E-state index < -0.39 is 22.0 Å². The van der Waals surface area contributed by atoms with Crippen LogP contribution in [0.15, 0.2) is 89.8 Å². The van der Waals surface area contributed by atoms with Gasteiger partial charge in [-0.1, -0.05) is 60.7 Å². The van der Waals surface area contributed by atoms with E-state index >= 15 is 0 Å². The molecule has 0 unspecified atom stereocenters. The molecule has 0 fully saturated rings. The molecule has 2 N–H and O–H groups in total. The standard InChI is InChI=1S/C24H20N2O4S/c1-16(24(27)28)26-31(29,30)19-13-11-18(12-14-19)23-15-21(17-7-3-2-4-8-17)20-9-5-6-10-22(20)25-23/h2-16,26H,1H3,(H,27,28)/t16-/m0/s1. The Morgan fingerprint density at radius 3 is 2.23 bits per heavy atom. The average molecular weight is 433 g/mol. The minimum atomic E-state index is -3.94. The maximum atomic E-state index is 12.4. The number of sulfonamides is 1. The van der Waals surface area contributed by atoms with E-state index in [1.54, 1.807) is 12.1 Å². The topological polar surface area (TPSA) is 96.4 Å². The number of hydrogen-bond donors (Lipinski definition) is 2. The van der Waals surface area contributed by atoms with Crippen LogP contribution in [0.5, 0.6) is 0 Å². The Morgan fingerprint density at radius 1 is 0.903 bits per heavy atom. The molecule has 4 rings (SSSR count). The number of rotatable bonds is 6. The fourth-order valence-corrected chi connectivity index (χ4v) is 4.53. The van der Waals surface area contributed by atoms with Crippen LogP contribution in [0.1, 0.15) is 6.92 Å². The number of pyridine rings is 1. The number of carbonyl (C=O) groups is 1. The van der Waals surface area contributed by atoms with Gasteiger partial charge in [-0.25, -0.2) is 13.4 Å². The zero-order chi connectivity index (χ0) is 22.0. The molecular weight excluding hydrogens is 412 g/mol. The molecule has 0 spiro atoms. The van der Waals surface area contributed by atoms with Crippen molar-refractivity contribution in [3.63, 3.8) is 0 Å². The van der Waals surface area contributed by atoms with Crippen LogP contribution in [0, 0.1) is 0 Å². The van der Waals surface area contributed by atoms with E-state index in [1.807, 2.05) is 60.7 Å². The van der Waals surface area contributed by atoms with Crippen molar-refractivity contribution in [2.75, 3.05) is 0 Å². The van der Waals surface area contributed by atoms with Crippen molar-refractivity contribution < 1.29 is 18.3 Å². The van der Waals surface area contributed by atoms with Crippen LogP contribution in [0.4, 0.5) is 0 Å². The highest BCUT2D eigenvalue weighted by Gasteiger charge is 2.21. The van der Waals surface area contributed by atoms with E-state index in [0.717, 1.165) is 27.6 Å². The Labute approximate surface area is 180 Å². The zero-order valence-electron chi connectivity index (χ0n) is 16.7. The Kier molecular flexibility index (Phi) is 5.54. The second kappa shape index (κ2) is 8.29. The second-order valence-electron chi connectivity index (χ2n) is 7.14. The highest BCUT2D eigenvalue weighted by Crippen LogP contribution is 2.32. The highest BCUT2D eigenvalue weighted by molar-refractivity contribution is 7.89. The first-order valence-corrected chi connectivity index (χ1v) is 11.1. The van der Waals surface area contributed by atoms with Gasteiger partial charge in [-0.05, 0) is 42.3 Å². The summed E-state index contributed by atoms with van der Waals surface area (Å²) in [7, 11) is -3.94. The third-order valence-electron chi connectivity index (χ3n) is 4.96. The average Bonchev–Trinajstić information content (AvgIpc) is 2.78. The van der Waals surface area contributed by atoms with Crippen molar-refractivity contribution in [3.8, 4) is 22.4 Å². The minimum absolute atomic E-state index is 0.00609. The van der Waals surface area contributed by atoms with Gasteiger partial charge in [-0.3, -0.25) is 4.79 Å². The number of hydrogen-bond acceptors (Lipinski definition) is 4. The summed E-state index contributed by atoms with van der Waals surface area (Å²) in [6.45, 7) is 1.28. The van der Waals surface area contributed by atoms with Crippen LogP contribution in [-0.2, 0) is 14.8 Å². The van der Waals surface area contributed by atoms with Crippen LogP contribution in [0.2, 0.25) is 0 Å². The van der Waals surface area contributed by atoms with E-state index in [4.69, 9.17) is 10.1 Å². The molecule has 0 aliphatic carbocycles. The summed E-state index contributed by atoms with van der Waals surface area (Å²) < 4.78 is 27.0. The van der Waals surface area contributed by atoms with E-state index in [2.05, 4.69) is 4.72 Å². The number of nitrogens with one attached hydrogen (secondary N) is 1. The predicted octanol–water partition coefficient (Wildman–Crippen LogP) is 4.32. The largest absolute Gasteiger partial charge is 0.480 e. The lowest BCUT2D eigenvalue weighted by Gasteiger charge is -2.12. The van der Waals surface area contributed by atoms with Crippen molar-refractivity contribution in [2.24, 2.45) is 0 Å². The van der Waals surface area contributed by atoms with Crippen LogP contribution < -0.4 is 4.72 Å². The molecule has 0 aliphatic heterocycles. The molecule has 156 valence electrons. The van der Waals surface area contributed by atoms with Crippen molar-refractivity contribution >= 4 is 26.9 Å². The maximum absolute atomic E-state index is 12.4. The van der Waals surface area contributed by atoms with Crippen LogP contribution in [-0.4, -0.2) is 30.5 Å². The van der Waals surface area contributed by atoms with E-state index in [0.29, 0.717) is 5.69 Å². The van der Waals surface area contributed by atoms with Gasteiger partial charge >= 0.3 is 5.97 Å². The third-order valence-corrected chi connectivity index (χ3v) is 6.52. The normalized spacial score (nSPS) is 12.5. The Balaban J connectivity index is 1.75. The molecule has 7 heteroatoms. The van der Waals surface area contributed by atoms with Gasteiger partial charge in [0.25, 0.3) is 0 Å². The number of carboxylic acid groups (broad SMARTS) is 1. The third kappa shape index (κ3) is 4.33. The predicted molar refractivity (Wildman–Crippen MR) is 120 cm³/mol. The van der Waals surface area contributed by atoms with Crippen molar-refractivity contribution in [2.45, 2.75) is 17.9 Å². The lowest BCUT2D eigenvalue weighted by Crippen LogP contribution is -2.38. The number of aliphatic carboxylic acids is 1. The molecule has 1 aromatic heterocycles. The molecule has 31 heavy (non-hydrogen) atoms. The SMILES string of the molecule is C[C@H](NS(=O)(=O)c1ccc(-c2cc(-c3ccccc3)c3ccccc3n2)cc1)C(=O)O. The van der Waals surface area contributed by atoms with Crippen LogP contribution in [0.25, 0.3) is 33.3 Å². The number of nitrogens with zero attached hydrogens (tertiary/aromatic N) is 1. The monoisotopic (exact) mass is 432 g/mol. The van der Waals surface area contributed by atoms with Gasteiger partial charge < -0.3 is 5.11 Å². The maximum Gasteiger partial charge on any atom is 0.321 e. The van der Waals surface area contributed by atoms with Gasteiger partial charge in [0.1, 0.15) is 6.04 Å². The fourth-order valence-electron chi connectivity index (χ4n) is 3.34. The summed E-state index contributed by atoms with van der Waals surface area (Å²) in [4.78, 5) is 15.7. The second-order valence-corrected chi connectivity index (χ2v) is 8.86. The Morgan fingerprint density at radius 2 is 1.55 bits per heavy atom. The molecule has 0 saturated heterocycles. The van der Waals surface area contributed by atoms with Gasteiger partial charge in [0.05, 0.1) is 16.1 Å². The number of benzene rings is 3. The summed E-state index contributed by atoms with van der Waals surface area (Å²) in [5, 5.41) is 9.99. The molecule has 4 aromatic rings. The molecule has 0 bridgehead atoms. The highest BCUT2D eigenvalue weighted by atomic mass is 32.2. The minimum Gasteiger partial charge on any atom is -0.480 e. The lowest BCUT2D eigenvalue weighted by atomic mass is 9.98. The number of para-hydroxylation sites is 1. The molecule has 1 heterocycles. The van der Waals surface area contributed by atoms with Gasteiger partial charge in [-0.2, -0.15) is 4.72 Å². The van der Waals surface area contributed by atoms with Crippen molar-refractivity contribution in [3.05, 3.63) is 84.9 Å². The van der Waals surface area contributed by atoms with Crippen molar-refractivity contribution in [1.82, 2.24) is 9.71 Å². The smallest absolute Gasteiger partial charge is 0.321 e. The van der Waals surface area contributed by atoms with E-state index in [9.17, 15) is 13.2 Å².